The van der Waals surface area contributed by atoms with Gasteiger partial charge in [-0.2, -0.15) is 5.26 Å². The van der Waals surface area contributed by atoms with Gasteiger partial charge in [0.1, 0.15) is 6.07 Å². The molecular weight excluding hydrogens is 244 g/mol. The summed E-state index contributed by atoms with van der Waals surface area (Å²) in [5.41, 5.74) is 1.20. The van der Waals surface area contributed by atoms with E-state index < -0.39 is 10.4 Å². The quantitative estimate of drug-likeness (QED) is 0.323. The molecule has 0 fully saturated rings. The van der Waals surface area contributed by atoms with Gasteiger partial charge in [0, 0.05) is 0 Å². The van der Waals surface area contributed by atoms with E-state index >= 15 is 0 Å². The van der Waals surface area contributed by atoms with Crippen molar-refractivity contribution >= 4 is 10.4 Å². The normalized spacial score (nSPS) is 12.8. The summed E-state index contributed by atoms with van der Waals surface area (Å²) in [6, 6.07) is 2.24. The van der Waals surface area contributed by atoms with Gasteiger partial charge in [0.2, 0.25) is 10.4 Å². The van der Waals surface area contributed by atoms with Gasteiger partial charge >= 0.3 is 0 Å². The van der Waals surface area contributed by atoms with Gasteiger partial charge in [0.15, 0.2) is 6.04 Å². The fourth-order valence-electron chi connectivity index (χ4n) is 0.750. The van der Waals surface area contributed by atoms with Crippen LogP contribution in [0.3, 0.4) is 0 Å². The van der Waals surface area contributed by atoms with Gasteiger partial charge in [0.25, 0.3) is 0 Å². The number of likely N-dealkylation sites (N-methyl/N-ethyl adjacent to an activating group) is 1. The minimum atomic E-state index is -4.41. The maximum Gasteiger partial charge on any atom is 0.217 e. The van der Waals surface area contributed by atoms with Crippen molar-refractivity contribution in [3.05, 3.63) is 11.6 Å². The number of quaternary nitrogens is 1. The number of nitriles is 1. The molecule has 0 aliphatic heterocycles. The highest BCUT2D eigenvalue weighted by Gasteiger charge is 2.19. The molecule has 1 atom stereocenters. The second kappa shape index (κ2) is 7.40. The molecule has 0 aromatic heterocycles. The molecule has 7 heteroatoms. The van der Waals surface area contributed by atoms with Crippen LogP contribution in [0.2, 0.25) is 0 Å². The molecule has 0 spiro atoms. The van der Waals surface area contributed by atoms with Crippen molar-refractivity contribution in [2.75, 3.05) is 28.3 Å². The van der Waals surface area contributed by atoms with Crippen LogP contribution in [-0.2, 0) is 14.6 Å². The van der Waals surface area contributed by atoms with Crippen LogP contribution >= 0.6 is 0 Å². The maximum absolute atomic E-state index is 9.22. The summed E-state index contributed by atoms with van der Waals surface area (Å²) in [7, 11) is 2.46. The van der Waals surface area contributed by atoms with E-state index in [4.69, 9.17) is 5.26 Å². The highest BCUT2D eigenvalue weighted by Crippen LogP contribution is 2.05. The predicted octanol–water partition coefficient (Wildman–Crippen LogP) is 0.644. The van der Waals surface area contributed by atoms with E-state index in [9.17, 15) is 13.0 Å². The third kappa shape index (κ3) is 13.0. The molecule has 0 aliphatic rings. The molecule has 0 aliphatic carbocycles. The lowest BCUT2D eigenvalue weighted by Gasteiger charge is -2.27. The number of nitrogens with zero attached hydrogens (tertiary/aromatic N) is 2. The second-order valence-electron chi connectivity index (χ2n) is 4.51. The number of allylic oxidation sites excluding steroid dienone is 1. The van der Waals surface area contributed by atoms with Gasteiger partial charge in [-0.1, -0.05) is 5.57 Å². The van der Waals surface area contributed by atoms with E-state index in [0.29, 0.717) is 4.48 Å². The fourth-order valence-corrected chi connectivity index (χ4v) is 0.750. The minimum absolute atomic E-state index is 0.0278. The Morgan fingerprint density at radius 2 is 1.76 bits per heavy atom. The van der Waals surface area contributed by atoms with Crippen molar-refractivity contribution in [2.45, 2.75) is 19.9 Å². The zero-order valence-corrected chi connectivity index (χ0v) is 11.9. The van der Waals surface area contributed by atoms with Crippen molar-refractivity contribution in [3.63, 3.8) is 0 Å². The molecule has 6 nitrogen and oxygen atoms in total. The van der Waals surface area contributed by atoms with Gasteiger partial charge in [0.05, 0.1) is 28.3 Å². The summed E-state index contributed by atoms with van der Waals surface area (Å²) < 4.78 is 31.7. The lowest BCUT2D eigenvalue weighted by atomic mass is 10.2. The summed E-state index contributed by atoms with van der Waals surface area (Å²) in [5.74, 6) is 0. The molecule has 0 heterocycles. The zero-order chi connectivity index (χ0) is 14.3. The topological polar surface area (TPSA) is 90.2 Å². The van der Waals surface area contributed by atoms with E-state index in [1.807, 2.05) is 41.1 Å². The first-order valence-corrected chi connectivity index (χ1v) is 6.14. The Bertz CT molecular complexity index is 384. The van der Waals surface area contributed by atoms with Crippen molar-refractivity contribution in [2.24, 2.45) is 0 Å². The molecule has 0 saturated heterocycles. The molecule has 0 amide bonds. The van der Waals surface area contributed by atoms with Crippen molar-refractivity contribution in [1.29, 1.82) is 5.26 Å². The highest BCUT2D eigenvalue weighted by molar-refractivity contribution is 7.80. The first-order valence-electron chi connectivity index (χ1n) is 4.81. The summed E-state index contributed by atoms with van der Waals surface area (Å²) in [5, 5.41) is 8.80. The first-order chi connectivity index (χ1) is 7.44. The number of rotatable bonds is 3. The standard InChI is InChI=1S/C9H17N2.CH4O4S/c1-8(2)6-9(7-10)11(3,4)5;1-5-6(2,3)4/h6,9H,1-5H3;1H3,(H,2,3,4)/q+1;/p-1. The lowest BCUT2D eigenvalue weighted by Crippen LogP contribution is -2.43. The van der Waals surface area contributed by atoms with Crippen molar-refractivity contribution in [1.82, 2.24) is 0 Å². The molecule has 0 aromatic carbocycles. The number of hydrogen-bond donors (Lipinski definition) is 0. The molecule has 0 rings (SSSR count). The average Bonchev–Trinajstić information content (AvgIpc) is 2.12. The average molecular weight is 264 g/mol. The molecule has 0 radical (unpaired) electrons. The van der Waals surface area contributed by atoms with Crippen LogP contribution in [0.25, 0.3) is 0 Å². The number of hydrogen-bond acceptors (Lipinski definition) is 5. The van der Waals surface area contributed by atoms with Gasteiger partial charge < -0.3 is 9.04 Å². The molecular formula is C10H20N2O4S. The van der Waals surface area contributed by atoms with Gasteiger partial charge in [-0.15, -0.1) is 0 Å². The molecule has 0 aromatic rings. The summed E-state index contributed by atoms with van der Waals surface area (Å²) in [6.07, 6.45) is 2.00. The molecule has 0 saturated carbocycles. The van der Waals surface area contributed by atoms with E-state index in [1.54, 1.807) is 0 Å². The summed E-state index contributed by atoms with van der Waals surface area (Å²) in [4.78, 5) is 0. The minimum Gasteiger partial charge on any atom is -0.726 e. The zero-order valence-electron chi connectivity index (χ0n) is 11.1. The molecule has 100 valence electrons. The van der Waals surface area contributed by atoms with Crippen LogP contribution < -0.4 is 0 Å². The van der Waals surface area contributed by atoms with E-state index in [1.165, 1.54) is 5.57 Å². The maximum atomic E-state index is 9.22. The third-order valence-corrected chi connectivity index (χ3v) is 2.07. The lowest BCUT2D eigenvalue weighted by molar-refractivity contribution is -0.881. The smallest absolute Gasteiger partial charge is 0.217 e. The van der Waals surface area contributed by atoms with Crippen LogP contribution in [0.4, 0.5) is 0 Å². The summed E-state index contributed by atoms with van der Waals surface area (Å²) in [6.45, 7) is 4.03. The third-order valence-electron chi connectivity index (χ3n) is 1.66. The second-order valence-corrected chi connectivity index (χ2v) is 5.66. The van der Waals surface area contributed by atoms with Crippen LogP contribution in [0.15, 0.2) is 11.6 Å². The van der Waals surface area contributed by atoms with Crippen molar-refractivity contribution in [3.8, 4) is 6.07 Å². The Hall–Kier alpha value is -0.940. The van der Waals surface area contributed by atoms with Gasteiger partial charge in [-0.25, -0.2) is 8.42 Å². The monoisotopic (exact) mass is 264 g/mol. The fraction of sp³-hybridized carbons (Fsp3) is 0.700. The molecule has 17 heavy (non-hydrogen) atoms. The first kappa shape index (κ1) is 18.4. The summed E-state index contributed by atoms with van der Waals surface area (Å²) >= 11 is 0. The van der Waals surface area contributed by atoms with Crippen LogP contribution in [0, 0.1) is 11.3 Å². The van der Waals surface area contributed by atoms with E-state index in [0.717, 1.165) is 7.11 Å². The predicted molar refractivity (Wildman–Crippen MR) is 63.6 cm³/mol. The molecule has 1 unspecified atom stereocenters. The van der Waals surface area contributed by atoms with Gasteiger partial charge in [-0.05, 0) is 19.9 Å². The Morgan fingerprint density at radius 1 is 1.41 bits per heavy atom. The Kier molecular flexibility index (Phi) is 8.02. The SMILES string of the molecule is CC(C)=CC(C#N)[N+](C)(C)C.COS(=O)(=O)[O-]. The van der Waals surface area contributed by atoms with E-state index in [-0.39, 0.29) is 6.04 Å². The van der Waals surface area contributed by atoms with Crippen LogP contribution in [0.1, 0.15) is 13.8 Å². The Balaban J connectivity index is 0. The van der Waals surface area contributed by atoms with Crippen LogP contribution in [0.5, 0.6) is 0 Å². The van der Waals surface area contributed by atoms with Crippen molar-refractivity contribution < 1.29 is 21.6 Å². The van der Waals surface area contributed by atoms with Crippen LogP contribution in [-0.4, -0.2) is 51.7 Å². The highest BCUT2D eigenvalue weighted by atomic mass is 32.3. The largest absolute Gasteiger partial charge is 0.726 e. The Labute approximate surface area is 104 Å². The molecule has 0 bridgehead atoms. The Morgan fingerprint density at radius 3 is 1.82 bits per heavy atom. The van der Waals surface area contributed by atoms with Gasteiger partial charge in [-0.3, -0.25) is 4.18 Å². The van der Waals surface area contributed by atoms with E-state index in [2.05, 4.69) is 10.3 Å². The molecule has 0 N–H and O–H groups in total.